The summed E-state index contributed by atoms with van der Waals surface area (Å²) in [7, 11) is -2.25. The van der Waals surface area contributed by atoms with Crippen LogP contribution in [0.4, 0.5) is 0 Å². The summed E-state index contributed by atoms with van der Waals surface area (Å²) in [6.07, 6.45) is 3.81. The van der Waals surface area contributed by atoms with Gasteiger partial charge in [-0.2, -0.15) is 0 Å². The van der Waals surface area contributed by atoms with Crippen molar-refractivity contribution in [2.24, 2.45) is 0 Å². The lowest BCUT2D eigenvalue weighted by atomic mass is 10.1. The van der Waals surface area contributed by atoms with Crippen LogP contribution in [0.2, 0.25) is 0 Å². The van der Waals surface area contributed by atoms with Gasteiger partial charge in [-0.25, -0.2) is 8.42 Å². The summed E-state index contributed by atoms with van der Waals surface area (Å²) in [4.78, 5) is 15.3. The summed E-state index contributed by atoms with van der Waals surface area (Å²) in [6.45, 7) is 5.75. The van der Waals surface area contributed by atoms with E-state index in [2.05, 4.69) is 12.1 Å². The number of rotatable bonds is 10. The number of aryl methyl sites for hydroxylation is 1. The van der Waals surface area contributed by atoms with Crippen LogP contribution in [0.15, 0.2) is 90.0 Å². The Morgan fingerprint density at radius 1 is 1.07 bits per heavy atom. The molecule has 1 saturated heterocycles. The fraction of sp³-hybridized carbons (Fsp3) is 0.344. The Kier molecular flexibility index (Phi) is 8.22. The van der Waals surface area contributed by atoms with Crippen molar-refractivity contribution in [3.05, 3.63) is 107 Å². The van der Waals surface area contributed by atoms with E-state index in [1.807, 2.05) is 45.0 Å². The maximum atomic E-state index is 13.5. The molecule has 5 rings (SSSR count). The summed E-state index contributed by atoms with van der Waals surface area (Å²) >= 11 is 0. The van der Waals surface area contributed by atoms with Gasteiger partial charge in [-0.15, -0.1) is 0 Å². The summed E-state index contributed by atoms with van der Waals surface area (Å²) in [5.41, 5.74) is 3.33. The van der Waals surface area contributed by atoms with Gasteiger partial charge < -0.3 is 19.1 Å². The molecular weight excluding hydrogens is 540 g/mol. The Bertz CT molecular complexity index is 1520. The lowest BCUT2D eigenvalue weighted by Crippen LogP contribution is -2.46. The molecule has 2 aliphatic rings. The van der Waals surface area contributed by atoms with Crippen molar-refractivity contribution in [1.29, 1.82) is 0 Å². The van der Waals surface area contributed by atoms with Crippen LogP contribution in [0.25, 0.3) is 0 Å². The number of methoxy groups -OCH3 is 1. The molecule has 0 N–H and O–H groups in total. The highest BCUT2D eigenvalue weighted by atomic mass is 32.2. The number of carbonyl (C=O) groups is 1. The molecule has 0 aromatic heterocycles. The second-order valence-electron chi connectivity index (χ2n) is 10.8. The third kappa shape index (κ3) is 6.02. The minimum atomic E-state index is -3.83. The molecule has 1 heterocycles. The Morgan fingerprint density at radius 3 is 2.49 bits per heavy atom. The minimum Gasteiger partial charge on any atom is -0.497 e. The largest absolute Gasteiger partial charge is 0.497 e. The van der Waals surface area contributed by atoms with E-state index in [-0.39, 0.29) is 42.7 Å². The van der Waals surface area contributed by atoms with Crippen LogP contribution in [-0.4, -0.2) is 55.7 Å². The van der Waals surface area contributed by atoms with Crippen LogP contribution < -0.4 is 4.74 Å². The first kappa shape index (κ1) is 28.9. The van der Waals surface area contributed by atoms with Gasteiger partial charge in [-0.3, -0.25) is 9.10 Å². The molecule has 1 aliphatic heterocycles. The van der Waals surface area contributed by atoms with E-state index in [4.69, 9.17) is 14.2 Å². The van der Waals surface area contributed by atoms with E-state index < -0.39 is 15.7 Å². The Morgan fingerprint density at radius 2 is 1.78 bits per heavy atom. The summed E-state index contributed by atoms with van der Waals surface area (Å²) in [5.74, 6) is 0.518. The highest BCUT2D eigenvalue weighted by Gasteiger charge is 2.53. The van der Waals surface area contributed by atoms with Crippen molar-refractivity contribution in [2.75, 3.05) is 20.3 Å². The minimum absolute atomic E-state index is 0.0636. The molecular formula is C32H36N2O6S. The van der Waals surface area contributed by atoms with Crippen LogP contribution in [0.5, 0.6) is 5.75 Å². The van der Waals surface area contributed by atoms with E-state index in [9.17, 15) is 13.2 Å². The maximum absolute atomic E-state index is 13.5. The summed E-state index contributed by atoms with van der Waals surface area (Å²) in [5, 5.41) is 0. The smallest absolute Gasteiger partial charge is 0.264 e. The number of fused-ring (bicyclic) bond motifs is 3. The fourth-order valence-electron chi connectivity index (χ4n) is 5.59. The molecule has 0 spiro atoms. The van der Waals surface area contributed by atoms with Crippen LogP contribution in [0.3, 0.4) is 0 Å². The number of sulfonamides is 1. The molecule has 8 nitrogen and oxygen atoms in total. The fourth-order valence-corrected chi connectivity index (χ4v) is 6.90. The zero-order chi connectivity index (χ0) is 29.2. The number of ether oxygens (including phenoxy) is 3. The predicted octanol–water partition coefficient (Wildman–Crippen LogP) is 4.99. The molecule has 2 atom stereocenters. The Labute approximate surface area is 242 Å². The molecule has 1 amide bonds. The third-order valence-electron chi connectivity index (χ3n) is 7.55. The number of amides is 1. The van der Waals surface area contributed by atoms with Gasteiger partial charge in [0.2, 0.25) is 0 Å². The monoisotopic (exact) mass is 576 g/mol. The van der Waals surface area contributed by atoms with Gasteiger partial charge in [0.05, 0.1) is 37.3 Å². The number of benzene rings is 3. The first-order valence-corrected chi connectivity index (χ1v) is 15.1. The highest BCUT2D eigenvalue weighted by molar-refractivity contribution is 7.89. The number of hydrogen-bond acceptors (Lipinski definition) is 6. The maximum Gasteiger partial charge on any atom is 0.264 e. The summed E-state index contributed by atoms with van der Waals surface area (Å²) in [6, 6.07) is 22.0. The summed E-state index contributed by atoms with van der Waals surface area (Å²) < 4.78 is 45.6. The molecule has 1 aliphatic carbocycles. The molecule has 216 valence electrons. The van der Waals surface area contributed by atoms with Crippen molar-refractivity contribution in [1.82, 2.24) is 9.21 Å². The van der Waals surface area contributed by atoms with Gasteiger partial charge in [0.25, 0.3) is 15.9 Å². The predicted molar refractivity (Wildman–Crippen MR) is 156 cm³/mol. The molecule has 41 heavy (non-hydrogen) atoms. The SMILES string of the molecule is COc1ccc(CN(/C=C/COCC(=O)N2[C@@H]3c4ccccc4C[C@@H]3OC2(C)C)S(=O)(=O)c2ccc(C)cc2)cc1. The first-order valence-electron chi connectivity index (χ1n) is 13.6. The highest BCUT2D eigenvalue weighted by Crippen LogP contribution is 2.48. The molecule has 3 aromatic rings. The van der Waals surface area contributed by atoms with Crippen molar-refractivity contribution in [2.45, 2.75) is 56.5 Å². The van der Waals surface area contributed by atoms with E-state index >= 15 is 0 Å². The zero-order valence-corrected chi connectivity index (χ0v) is 24.6. The molecule has 1 fully saturated rings. The van der Waals surface area contributed by atoms with Crippen LogP contribution >= 0.6 is 0 Å². The van der Waals surface area contributed by atoms with Gasteiger partial charge >= 0.3 is 0 Å². The van der Waals surface area contributed by atoms with Gasteiger partial charge in [-0.05, 0) is 67.8 Å². The topological polar surface area (TPSA) is 85.4 Å². The van der Waals surface area contributed by atoms with Crippen molar-refractivity contribution < 1.29 is 27.4 Å². The van der Waals surface area contributed by atoms with E-state index in [0.29, 0.717) is 5.75 Å². The Balaban J connectivity index is 1.27. The molecule has 0 radical (unpaired) electrons. The first-order chi connectivity index (χ1) is 19.6. The number of carbonyl (C=O) groups excluding carboxylic acids is 1. The van der Waals surface area contributed by atoms with Crippen molar-refractivity contribution in [3.63, 3.8) is 0 Å². The average molecular weight is 577 g/mol. The Hall–Kier alpha value is -3.66. The molecule has 3 aromatic carbocycles. The normalized spacial score (nSPS) is 19.3. The van der Waals surface area contributed by atoms with Gasteiger partial charge in [0.1, 0.15) is 18.1 Å². The molecule has 9 heteroatoms. The van der Waals surface area contributed by atoms with Gasteiger partial charge in [-0.1, -0.05) is 54.1 Å². The average Bonchev–Trinajstić information content (AvgIpc) is 3.42. The van der Waals surface area contributed by atoms with Crippen LogP contribution in [0.1, 0.15) is 42.1 Å². The van der Waals surface area contributed by atoms with E-state index in [1.54, 1.807) is 54.5 Å². The van der Waals surface area contributed by atoms with Crippen molar-refractivity contribution >= 4 is 15.9 Å². The van der Waals surface area contributed by atoms with Crippen LogP contribution in [-0.2, 0) is 37.3 Å². The second-order valence-corrected chi connectivity index (χ2v) is 12.7. The van der Waals surface area contributed by atoms with E-state index in [1.165, 1.54) is 16.1 Å². The van der Waals surface area contributed by atoms with E-state index in [0.717, 1.165) is 23.1 Å². The zero-order valence-electron chi connectivity index (χ0n) is 23.8. The van der Waals surface area contributed by atoms with Crippen molar-refractivity contribution in [3.8, 4) is 5.75 Å². The van der Waals surface area contributed by atoms with Crippen LogP contribution in [0, 0.1) is 6.92 Å². The molecule has 0 saturated carbocycles. The number of nitrogens with zero attached hydrogens (tertiary/aromatic N) is 2. The van der Waals surface area contributed by atoms with Gasteiger partial charge in [0, 0.05) is 12.6 Å². The quantitative estimate of drug-likeness (QED) is 0.317. The lowest BCUT2D eigenvalue weighted by Gasteiger charge is -2.33. The lowest BCUT2D eigenvalue weighted by molar-refractivity contribution is -0.152. The standard InChI is InChI=1S/C32H36N2O6S/c1-23-10-16-27(17-11-23)41(36,37)33(21-24-12-14-26(38-4)15-13-24)18-7-19-39-22-30(35)34-31-28-9-6-5-8-25(28)20-29(31)40-32(34,2)3/h5-18,29,31H,19-22H2,1-4H3/b18-7+/t29-,31+/m0/s1. The molecule has 0 unspecified atom stereocenters. The second kappa shape index (κ2) is 11.7. The third-order valence-corrected chi connectivity index (χ3v) is 9.29. The molecule has 0 bridgehead atoms. The number of hydrogen-bond donors (Lipinski definition) is 0. The van der Waals surface area contributed by atoms with Gasteiger partial charge in [0.15, 0.2) is 0 Å².